The zero-order valence-electron chi connectivity index (χ0n) is 20.6. The van der Waals surface area contributed by atoms with Gasteiger partial charge in [0.05, 0.1) is 11.4 Å². The van der Waals surface area contributed by atoms with E-state index < -0.39 is 11.8 Å². The predicted octanol–water partition coefficient (Wildman–Crippen LogP) is 10.0. The van der Waals surface area contributed by atoms with Gasteiger partial charge in [-0.05, 0) is 66.7 Å². The van der Waals surface area contributed by atoms with Gasteiger partial charge in [0.15, 0.2) is 0 Å². The molecule has 4 aromatic rings. The van der Waals surface area contributed by atoms with Crippen LogP contribution in [0.3, 0.4) is 0 Å². The first-order valence-corrected chi connectivity index (χ1v) is 13.3. The van der Waals surface area contributed by atoms with Crippen molar-refractivity contribution in [2.24, 2.45) is 10.2 Å². The number of nitrogens with zero attached hydrogens (tertiary/aromatic N) is 2. The first-order chi connectivity index (χ1) is 19.3. The number of hydrogen-bond donors (Lipinski definition) is 2. The summed E-state index contributed by atoms with van der Waals surface area (Å²) in [5.74, 6) is -0.899. The van der Waals surface area contributed by atoms with Crippen molar-refractivity contribution >= 4 is 93.1 Å². The van der Waals surface area contributed by atoms with Crippen LogP contribution in [0.5, 0.6) is 0 Å². The molecule has 0 atom stereocenters. The van der Waals surface area contributed by atoms with E-state index in [0.717, 1.165) is 0 Å². The van der Waals surface area contributed by atoms with Crippen LogP contribution in [0.25, 0.3) is 12.2 Å². The SMILES string of the molecule is O=C(C=Cc1c(Cl)cccc1Cl)Nc1ccc(N=Nc2ccccc2)c(NC(=O)C=Cc2c(Cl)cccc2Cl)c1. The van der Waals surface area contributed by atoms with Gasteiger partial charge in [-0.25, -0.2) is 0 Å². The number of anilines is 2. The molecular formula is C30H20Cl4N4O2. The van der Waals surface area contributed by atoms with E-state index in [1.807, 2.05) is 18.2 Å². The van der Waals surface area contributed by atoms with Crippen molar-refractivity contribution in [1.29, 1.82) is 0 Å². The van der Waals surface area contributed by atoms with E-state index in [0.29, 0.717) is 54.0 Å². The Morgan fingerprint density at radius 3 is 1.68 bits per heavy atom. The lowest BCUT2D eigenvalue weighted by Gasteiger charge is -2.10. The Labute approximate surface area is 250 Å². The molecule has 200 valence electrons. The van der Waals surface area contributed by atoms with Crippen LogP contribution in [-0.2, 0) is 9.59 Å². The number of carbonyl (C=O) groups is 2. The Balaban J connectivity index is 1.57. The third-order valence-electron chi connectivity index (χ3n) is 5.35. The maximum atomic E-state index is 12.8. The maximum absolute atomic E-state index is 12.8. The number of azo groups is 1. The fourth-order valence-electron chi connectivity index (χ4n) is 3.42. The molecule has 40 heavy (non-hydrogen) atoms. The summed E-state index contributed by atoms with van der Waals surface area (Å²) in [4.78, 5) is 25.4. The molecule has 6 nitrogen and oxygen atoms in total. The van der Waals surface area contributed by atoms with Crippen LogP contribution in [0, 0.1) is 0 Å². The fraction of sp³-hybridized carbons (Fsp3) is 0. The lowest BCUT2D eigenvalue weighted by molar-refractivity contribution is -0.112. The molecule has 4 aromatic carbocycles. The van der Waals surface area contributed by atoms with Crippen LogP contribution >= 0.6 is 46.4 Å². The molecule has 10 heteroatoms. The minimum absolute atomic E-state index is 0.315. The molecule has 0 aromatic heterocycles. The standard InChI is InChI=1S/C30H20Cl4N4O2/c31-23-8-4-9-24(32)21(23)13-16-29(39)35-20-12-15-27(38-37-19-6-2-1-3-7-19)28(18-20)36-30(40)17-14-22-25(33)10-5-11-26(22)34/h1-18H,(H,35,39)(H,36,40). The lowest BCUT2D eigenvalue weighted by atomic mass is 10.2. The molecule has 0 fully saturated rings. The van der Waals surface area contributed by atoms with E-state index in [2.05, 4.69) is 20.9 Å². The Hall–Kier alpha value is -3.94. The number of carbonyl (C=O) groups excluding carboxylic acids is 2. The molecule has 4 rings (SSSR count). The summed E-state index contributed by atoms with van der Waals surface area (Å²) in [6.45, 7) is 0. The van der Waals surface area contributed by atoms with Gasteiger partial charge in [-0.15, -0.1) is 5.11 Å². The number of halogens is 4. The number of amides is 2. The zero-order valence-corrected chi connectivity index (χ0v) is 23.6. The normalized spacial score (nSPS) is 11.4. The first kappa shape index (κ1) is 29.1. The second kappa shape index (κ2) is 13.9. The van der Waals surface area contributed by atoms with Crippen molar-refractivity contribution in [3.8, 4) is 0 Å². The van der Waals surface area contributed by atoms with Gasteiger partial charge in [0.1, 0.15) is 5.69 Å². The average molecular weight is 610 g/mol. The van der Waals surface area contributed by atoms with Gasteiger partial charge < -0.3 is 10.6 Å². The third kappa shape index (κ3) is 8.04. The zero-order chi connectivity index (χ0) is 28.5. The van der Waals surface area contributed by atoms with Gasteiger partial charge in [-0.2, -0.15) is 5.11 Å². The van der Waals surface area contributed by atoms with Crippen molar-refractivity contribution in [3.63, 3.8) is 0 Å². The summed E-state index contributed by atoms with van der Waals surface area (Å²) in [5, 5.41) is 15.7. The van der Waals surface area contributed by atoms with Gasteiger partial charge in [0, 0.05) is 49.1 Å². The highest BCUT2D eigenvalue weighted by Gasteiger charge is 2.10. The molecule has 0 heterocycles. The molecule has 0 unspecified atom stereocenters. The Kier molecular flexibility index (Phi) is 10.1. The van der Waals surface area contributed by atoms with E-state index >= 15 is 0 Å². The fourth-order valence-corrected chi connectivity index (χ4v) is 4.47. The molecule has 0 bridgehead atoms. The van der Waals surface area contributed by atoms with Gasteiger partial charge in [-0.1, -0.05) is 76.7 Å². The molecule has 0 saturated carbocycles. The van der Waals surface area contributed by atoms with Crippen LogP contribution in [0.2, 0.25) is 20.1 Å². The highest BCUT2D eigenvalue weighted by molar-refractivity contribution is 6.38. The quantitative estimate of drug-likeness (QED) is 0.154. The molecule has 0 aliphatic heterocycles. The van der Waals surface area contributed by atoms with Crippen molar-refractivity contribution in [2.75, 3.05) is 10.6 Å². The number of rotatable bonds is 8. The van der Waals surface area contributed by atoms with Crippen molar-refractivity contribution in [2.45, 2.75) is 0 Å². The molecule has 0 radical (unpaired) electrons. The molecule has 0 spiro atoms. The van der Waals surface area contributed by atoms with Gasteiger partial charge in [0.2, 0.25) is 11.8 Å². The van der Waals surface area contributed by atoms with Crippen LogP contribution in [0.1, 0.15) is 11.1 Å². The average Bonchev–Trinajstić information content (AvgIpc) is 2.92. The van der Waals surface area contributed by atoms with Crippen LogP contribution in [0.15, 0.2) is 107 Å². The Morgan fingerprint density at radius 2 is 1.12 bits per heavy atom. The topological polar surface area (TPSA) is 82.9 Å². The van der Waals surface area contributed by atoms with Crippen molar-refractivity contribution in [3.05, 3.63) is 128 Å². The minimum atomic E-state index is -0.469. The van der Waals surface area contributed by atoms with Crippen LogP contribution < -0.4 is 10.6 Å². The van der Waals surface area contributed by atoms with Crippen molar-refractivity contribution in [1.82, 2.24) is 0 Å². The molecule has 2 N–H and O–H groups in total. The van der Waals surface area contributed by atoms with Crippen molar-refractivity contribution < 1.29 is 9.59 Å². The predicted molar refractivity (Wildman–Crippen MR) is 165 cm³/mol. The van der Waals surface area contributed by atoms with E-state index in [1.165, 1.54) is 24.3 Å². The highest BCUT2D eigenvalue weighted by Crippen LogP contribution is 2.31. The van der Waals surface area contributed by atoms with E-state index in [-0.39, 0.29) is 0 Å². The molecular weight excluding hydrogens is 590 g/mol. The maximum Gasteiger partial charge on any atom is 0.248 e. The molecule has 2 amide bonds. The number of nitrogens with one attached hydrogen (secondary N) is 2. The summed E-state index contributed by atoms with van der Waals surface area (Å²) in [6, 6.07) is 24.1. The second-order valence-corrected chi connectivity index (χ2v) is 9.81. The molecule has 0 aliphatic carbocycles. The first-order valence-electron chi connectivity index (χ1n) is 11.8. The smallest absolute Gasteiger partial charge is 0.248 e. The second-order valence-electron chi connectivity index (χ2n) is 8.18. The summed E-state index contributed by atoms with van der Waals surface area (Å²) in [5.41, 5.74) is 2.77. The lowest BCUT2D eigenvalue weighted by Crippen LogP contribution is -2.10. The van der Waals surface area contributed by atoms with E-state index in [9.17, 15) is 9.59 Å². The largest absolute Gasteiger partial charge is 0.322 e. The summed E-state index contributed by atoms with van der Waals surface area (Å²) >= 11 is 24.7. The summed E-state index contributed by atoms with van der Waals surface area (Å²) in [6.07, 6.45) is 5.65. The Bertz CT molecular complexity index is 1600. The molecule has 0 saturated heterocycles. The monoisotopic (exact) mass is 608 g/mol. The summed E-state index contributed by atoms with van der Waals surface area (Å²) < 4.78 is 0. The number of benzene rings is 4. The Morgan fingerprint density at radius 1 is 0.600 bits per heavy atom. The highest BCUT2D eigenvalue weighted by atomic mass is 35.5. The van der Waals surface area contributed by atoms with Gasteiger partial charge >= 0.3 is 0 Å². The third-order valence-corrected chi connectivity index (χ3v) is 6.67. The van der Waals surface area contributed by atoms with E-state index in [1.54, 1.807) is 66.7 Å². The minimum Gasteiger partial charge on any atom is -0.322 e. The van der Waals surface area contributed by atoms with Crippen LogP contribution in [-0.4, -0.2) is 11.8 Å². The van der Waals surface area contributed by atoms with Crippen LogP contribution in [0.4, 0.5) is 22.7 Å². The van der Waals surface area contributed by atoms with Gasteiger partial charge in [0.25, 0.3) is 0 Å². The van der Waals surface area contributed by atoms with Gasteiger partial charge in [-0.3, -0.25) is 9.59 Å². The molecule has 0 aliphatic rings. The number of hydrogen-bond acceptors (Lipinski definition) is 4. The van der Waals surface area contributed by atoms with E-state index in [4.69, 9.17) is 46.4 Å². The summed E-state index contributed by atoms with van der Waals surface area (Å²) in [7, 11) is 0.